The smallest absolute Gasteiger partial charge is 0.416 e. The Morgan fingerprint density at radius 1 is 1.07 bits per heavy atom. The number of methoxy groups -OCH3 is 1. The van der Waals surface area contributed by atoms with Gasteiger partial charge in [0.2, 0.25) is 11.8 Å². The SMILES string of the molecule is COc1cccc([C@]2(O)CC[C@H](N3CC(NC(=O)CNc4nn(Cc5ccccc5)c5ccc(C(F)(F)F)cc45)C3)CC2)n1. The lowest BCUT2D eigenvalue weighted by atomic mass is 9.78. The van der Waals surface area contributed by atoms with Crippen molar-refractivity contribution in [1.29, 1.82) is 0 Å². The molecule has 2 aliphatic rings. The maximum atomic E-state index is 13.5. The second kappa shape index (κ2) is 12.1. The summed E-state index contributed by atoms with van der Waals surface area (Å²) in [6.45, 7) is 1.67. The van der Waals surface area contributed by atoms with E-state index in [1.165, 1.54) is 6.07 Å². The van der Waals surface area contributed by atoms with Gasteiger partial charge in [0.15, 0.2) is 5.82 Å². The van der Waals surface area contributed by atoms with Gasteiger partial charge in [-0.2, -0.15) is 18.3 Å². The largest absolute Gasteiger partial charge is 0.481 e. The second-order valence-electron chi connectivity index (χ2n) is 11.6. The molecule has 44 heavy (non-hydrogen) atoms. The average Bonchev–Trinajstić information content (AvgIpc) is 3.35. The lowest BCUT2D eigenvalue weighted by Gasteiger charge is -2.48. The van der Waals surface area contributed by atoms with E-state index in [0.717, 1.165) is 30.5 Å². The van der Waals surface area contributed by atoms with E-state index in [-0.39, 0.29) is 24.3 Å². The third-order valence-corrected chi connectivity index (χ3v) is 8.65. The van der Waals surface area contributed by atoms with Gasteiger partial charge >= 0.3 is 6.18 Å². The first-order valence-electron chi connectivity index (χ1n) is 14.7. The van der Waals surface area contributed by atoms with Gasteiger partial charge < -0.3 is 20.5 Å². The molecule has 6 rings (SSSR count). The van der Waals surface area contributed by atoms with Crippen LogP contribution in [0.5, 0.6) is 5.88 Å². The number of benzene rings is 2. The third kappa shape index (κ3) is 6.36. The van der Waals surface area contributed by atoms with Crippen molar-refractivity contribution < 1.29 is 27.8 Å². The number of rotatable bonds is 9. The first-order valence-corrected chi connectivity index (χ1v) is 14.7. The minimum absolute atomic E-state index is 0.0191. The van der Waals surface area contributed by atoms with Gasteiger partial charge in [-0.15, -0.1) is 0 Å². The van der Waals surface area contributed by atoms with Crippen LogP contribution in [0.15, 0.2) is 66.7 Å². The van der Waals surface area contributed by atoms with Crippen LogP contribution >= 0.6 is 0 Å². The second-order valence-corrected chi connectivity index (χ2v) is 11.6. The standard InChI is InChI=1S/C32H35F3N6O3/c1-44-29-9-5-8-27(38-29)31(43)14-12-24(13-15-31)40-19-23(20-40)37-28(42)17-36-30-25-16-22(32(33,34)35)10-11-26(25)41(39-30)18-21-6-3-2-4-7-21/h2-11,16,23-24,43H,12-15,17-20H2,1H3,(H,36,39)(H,37,42)/t24-,31-. The number of likely N-dealkylation sites (tertiary alicyclic amines) is 1. The molecule has 0 spiro atoms. The number of nitrogens with one attached hydrogen (secondary N) is 2. The van der Waals surface area contributed by atoms with E-state index in [1.54, 1.807) is 17.9 Å². The van der Waals surface area contributed by atoms with Crippen molar-refractivity contribution in [2.24, 2.45) is 0 Å². The molecule has 1 aliphatic carbocycles. The van der Waals surface area contributed by atoms with Gasteiger partial charge in [-0.3, -0.25) is 14.4 Å². The van der Waals surface area contributed by atoms with Crippen molar-refractivity contribution in [1.82, 2.24) is 25.0 Å². The molecule has 1 saturated heterocycles. The molecular formula is C32H35F3N6O3. The summed E-state index contributed by atoms with van der Waals surface area (Å²) in [4.78, 5) is 19.5. The number of aromatic nitrogens is 3. The zero-order chi connectivity index (χ0) is 30.9. The van der Waals surface area contributed by atoms with Gasteiger partial charge in [0.25, 0.3) is 0 Å². The Labute approximate surface area is 253 Å². The predicted molar refractivity (Wildman–Crippen MR) is 159 cm³/mol. The number of aliphatic hydroxyl groups is 1. The van der Waals surface area contributed by atoms with Crippen LogP contribution in [0.1, 0.15) is 42.5 Å². The molecule has 232 valence electrons. The highest BCUT2D eigenvalue weighted by atomic mass is 19.4. The molecule has 2 aromatic heterocycles. The number of halogens is 3. The van der Waals surface area contributed by atoms with Crippen LogP contribution in [0.2, 0.25) is 0 Å². The molecule has 2 fully saturated rings. The van der Waals surface area contributed by atoms with Crippen LogP contribution in [0.4, 0.5) is 19.0 Å². The predicted octanol–water partition coefficient (Wildman–Crippen LogP) is 4.55. The van der Waals surface area contributed by atoms with Crippen molar-refractivity contribution in [2.75, 3.05) is 32.1 Å². The molecule has 1 aliphatic heterocycles. The number of nitrogens with zero attached hydrogens (tertiary/aromatic N) is 4. The molecule has 1 amide bonds. The first kappa shape index (κ1) is 29.9. The number of carbonyl (C=O) groups excluding carboxylic acids is 1. The summed E-state index contributed by atoms with van der Waals surface area (Å²) < 4.78 is 47.3. The number of ether oxygens (including phenoxy) is 1. The van der Waals surface area contributed by atoms with Crippen molar-refractivity contribution in [3.05, 3.63) is 83.6 Å². The van der Waals surface area contributed by atoms with E-state index in [4.69, 9.17) is 4.74 Å². The van der Waals surface area contributed by atoms with Crippen molar-refractivity contribution in [3.63, 3.8) is 0 Å². The van der Waals surface area contributed by atoms with Gasteiger partial charge in [-0.05, 0) is 55.5 Å². The molecule has 9 nitrogen and oxygen atoms in total. The molecule has 0 unspecified atom stereocenters. The fourth-order valence-corrected chi connectivity index (χ4v) is 6.20. The highest BCUT2D eigenvalue weighted by molar-refractivity contribution is 5.92. The molecule has 2 aromatic carbocycles. The van der Waals surface area contributed by atoms with Crippen LogP contribution < -0.4 is 15.4 Å². The first-order chi connectivity index (χ1) is 21.1. The fraction of sp³-hybridized carbons (Fsp3) is 0.406. The summed E-state index contributed by atoms with van der Waals surface area (Å²) in [5.74, 6) is 0.454. The molecule has 1 saturated carbocycles. The Balaban J connectivity index is 1.03. The number of hydrogen-bond acceptors (Lipinski definition) is 7. The normalized spacial score (nSPS) is 21.2. The highest BCUT2D eigenvalue weighted by Crippen LogP contribution is 2.39. The van der Waals surface area contributed by atoms with E-state index in [2.05, 4.69) is 25.6 Å². The Bertz CT molecular complexity index is 1610. The van der Waals surface area contributed by atoms with Crippen molar-refractivity contribution in [3.8, 4) is 5.88 Å². The highest BCUT2D eigenvalue weighted by Gasteiger charge is 2.41. The average molecular weight is 609 g/mol. The van der Waals surface area contributed by atoms with Gasteiger partial charge in [-0.1, -0.05) is 36.4 Å². The van der Waals surface area contributed by atoms with Gasteiger partial charge in [-0.25, -0.2) is 4.98 Å². The zero-order valence-corrected chi connectivity index (χ0v) is 24.3. The summed E-state index contributed by atoms with van der Waals surface area (Å²) in [6, 6.07) is 18.8. The number of pyridine rings is 1. The maximum absolute atomic E-state index is 13.5. The van der Waals surface area contributed by atoms with Crippen LogP contribution in [-0.2, 0) is 23.1 Å². The zero-order valence-electron chi connectivity index (χ0n) is 24.3. The monoisotopic (exact) mass is 608 g/mol. The quantitative estimate of drug-likeness (QED) is 0.256. The summed E-state index contributed by atoms with van der Waals surface area (Å²) in [7, 11) is 1.55. The lowest BCUT2D eigenvalue weighted by Crippen LogP contribution is -2.63. The Hall–Kier alpha value is -4.16. The van der Waals surface area contributed by atoms with E-state index >= 15 is 0 Å². The molecule has 3 N–H and O–H groups in total. The van der Waals surface area contributed by atoms with Crippen molar-refractivity contribution in [2.45, 2.75) is 56.1 Å². The van der Waals surface area contributed by atoms with E-state index in [1.807, 2.05) is 42.5 Å². The van der Waals surface area contributed by atoms with Crippen LogP contribution in [0.3, 0.4) is 0 Å². The van der Waals surface area contributed by atoms with Gasteiger partial charge in [0.05, 0.1) is 43.0 Å². The minimum atomic E-state index is -4.50. The summed E-state index contributed by atoms with van der Waals surface area (Å²) in [5, 5.41) is 22.0. The fourth-order valence-electron chi connectivity index (χ4n) is 6.20. The summed E-state index contributed by atoms with van der Waals surface area (Å²) >= 11 is 0. The van der Waals surface area contributed by atoms with E-state index in [9.17, 15) is 23.1 Å². The molecule has 0 bridgehead atoms. The van der Waals surface area contributed by atoms with E-state index < -0.39 is 17.3 Å². The van der Waals surface area contributed by atoms with Crippen molar-refractivity contribution >= 4 is 22.6 Å². The molecule has 4 aromatic rings. The molecule has 3 heterocycles. The number of alkyl halides is 3. The van der Waals surface area contributed by atoms with Crippen LogP contribution in [0.25, 0.3) is 10.9 Å². The Morgan fingerprint density at radius 3 is 2.52 bits per heavy atom. The number of hydrogen-bond donors (Lipinski definition) is 3. The van der Waals surface area contributed by atoms with E-state index in [0.29, 0.717) is 61.0 Å². The van der Waals surface area contributed by atoms with Gasteiger partial charge in [0.1, 0.15) is 5.60 Å². The Kier molecular flexibility index (Phi) is 8.21. The van der Waals surface area contributed by atoms with Crippen LogP contribution in [0, 0.1) is 0 Å². The number of anilines is 1. The van der Waals surface area contributed by atoms with Gasteiger partial charge in [0, 0.05) is 30.6 Å². The lowest BCUT2D eigenvalue weighted by molar-refractivity contribution is -0.137. The summed E-state index contributed by atoms with van der Waals surface area (Å²) in [5.41, 5.74) is 0.376. The van der Waals surface area contributed by atoms with Crippen LogP contribution in [-0.4, -0.2) is 69.5 Å². The topological polar surface area (TPSA) is 105 Å². The minimum Gasteiger partial charge on any atom is -0.481 e. The molecular weight excluding hydrogens is 573 g/mol. The molecule has 12 heteroatoms. The number of fused-ring (bicyclic) bond motifs is 1. The number of amides is 1. The molecule has 0 atom stereocenters. The number of carbonyl (C=O) groups is 1. The maximum Gasteiger partial charge on any atom is 0.416 e. The molecule has 0 radical (unpaired) electrons. The third-order valence-electron chi connectivity index (χ3n) is 8.65. The Morgan fingerprint density at radius 2 is 1.82 bits per heavy atom. The summed E-state index contributed by atoms with van der Waals surface area (Å²) in [6.07, 6.45) is -1.68.